The fourth-order valence-corrected chi connectivity index (χ4v) is 4.82. The van der Waals surface area contributed by atoms with Gasteiger partial charge < -0.3 is 14.3 Å². The van der Waals surface area contributed by atoms with Crippen LogP contribution in [0.15, 0.2) is 52.6 Å². The van der Waals surface area contributed by atoms with Gasteiger partial charge in [0.25, 0.3) is 5.91 Å². The largest absolute Gasteiger partial charge is 0.356 e. The molecule has 1 aliphatic rings. The maximum Gasteiger partial charge on any atom is 0.253 e. The highest BCUT2D eigenvalue weighted by Gasteiger charge is 2.25. The Kier molecular flexibility index (Phi) is 5.25. The number of amides is 1. The number of piperidine rings is 1. The lowest BCUT2D eigenvalue weighted by atomic mass is 10.0. The van der Waals surface area contributed by atoms with E-state index < -0.39 is 0 Å². The molecule has 31 heavy (non-hydrogen) atoms. The van der Waals surface area contributed by atoms with Crippen LogP contribution in [0.25, 0.3) is 32.9 Å². The van der Waals surface area contributed by atoms with Crippen molar-refractivity contribution in [2.75, 3.05) is 27.2 Å². The minimum atomic E-state index is 0.0561. The van der Waals surface area contributed by atoms with Crippen LogP contribution in [0.3, 0.4) is 0 Å². The van der Waals surface area contributed by atoms with Crippen LogP contribution in [0.4, 0.5) is 0 Å². The number of rotatable bonds is 4. The van der Waals surface area contributed by atoms with Crippen molar-refractivity contribution in [3.8, 4) is 22.0 Å². The summed E-state index contributed by atoms with van der Waals surface area (Å²) >= 11 is 1.53. The first-order chi connectivity index (χ1) is 15.1. The monoisotopic (exact) mass is 433 g/mol. The molecule has 0 spiro atoms. The van der Waals surface area contributed by atoms with E-state index >= 15 is 0 Å². The average molecular weight is 434 g/mol. The molecule has 1 saturated heterocycles. The fraction of sp³-hybridized carbons (Fsp3) is 0.304. The highest BCUT2D eigenvalue weighted by atomic mass is 32.1. The van der Waals surface area contributed by atoms with Crippen molar-refractivity contribution in [1.29, 1.82) is 0 Å². The summed E-state index contributed by atoms with van der Waals surface area (Å²) in [5.41, 5.74) is 3.65. The average Bonchev–Trinajstić information content (AvgIpc) is 3.46. The number of hydrogen-bond donors (Lipinski definition) is 0. The summed E-state index contributed by atoms with van der Waals surface area (Å²) in [6.07, 6.45) is 5.52. The normalized spacial score (nSPS) is 15.1. The molecule has 0 radical (unpaired) electrons. The van der Waals surface area contributed by atoms with Gasteiger partial charge in [0, 0.05) is 48.0 Å². The maximum absolute atomic E-state index is 13.1. The van der Waals surface area contributed by atoms with E-state index in [4.69, 9.17) is 9.51 Å². The first-order valence-corrected chi connectivity index (χ1v) is 11.2. The fourth-order valence-electron chi connectivity index (χ4n) is 4.03. The van der Waals surface area contributed by atoms with Gasteiger partial charge >= 0.3 is 0 Å². The number of carbonyl (C=O) groups is 1. The van der Waals surface area contributed by atoms with E-state index in [1.54, 1.807) is 12.4 Å². The summed E-state index contributed by atoms with van der Waals surface area (Å²) in [5, 5.41) is 7.87. The van der Waals surface area contributed by atoms with Gasteiger partial charge in [-0.3, -0.25) is 9.78 Å². The van der Waals surface area contributed by atoms with Gasteiger partial charge in [-0.25, -0.2) is 4.98 Å². The smallest absolute Gasteiger partial charge is 0.253 e. The van der Waals surface area contributed by atoms with Gasteiger partial charge in [0.1, 0.15) is 16.4 Å². The van der Waals surface area contributed by atoms with Crippen LogP contribution in [-0.2, 0) is 0 Å². The highest BCUT2D eigenvalue weighted by molar-refractivity contribution is 7.13. The Balaban J connectivity index is 1.42. The summed E-state index contributed by atoms with van der Waals surface area (Å²) in [6.45, 7) is 1.55. The summed E-state index contributed by atoms with van der Waals surface area (Å²) in [5.74, 6) is 0.0561. The van der Waals surface area contributed by atoms with Gasteiger partial charge in [-0.1, -0.05) is 5.16 Å². The van der Waals surface area contributed by atoms with Crippen LogP contribution in [0, 0.1) is 0 Å². The molecule has 0 aliphatic carbocycles. The van der Waals surface area contributed by atoms with Crippen LogP contribution in [0.5, 0.6) is 0 Å². The predicted molar refractivity (Wildman–Crippen MR) is 121 cm³/mol. The molecule has 4 heterocycles. The molecule has 4 aromatic rings. The Morgan fingerprint density at radius 3 is 2.81 bits per heavy atom. The van der Waals surface area contributed by atoms with Crippen molar-refractivity contribution in [2.45, 2.75) is 18.9 Å². The lowest BCUT2D eigenvalue weighted by Gasteiger charge is -2.35. The van der Waals surface area contributed by atoms with Crippen molar-refractivity contribution >= 4 is 28.2 Å². The number of hydrogen-bond acceptors (Lipinski definition) is 7. The second-order valence-electron chi connectivity index (χ2n) is 8.01. The van der Waals surface area contributed by atoms with Gasteiger partial charge in [0.05, 0.1) is 5.39 Å². The second-order valence-corrected chi connectivity index (χ2v) is 8.87. The van der Waals surface area contributed by atoms with Crippen molar-refractivity contribution in [2.24, 2.45) is 0 Å². The lowest BCUT2D eigenvalue weighted by Crippen LogP contribution is -2.44. The number of nitrogens with zero attached hydrogens (tertiary/aromatic N) is 5. The second kappa shape index (κ2) is 8.20. The van der Waals surface area contributed by atoms with Gasteiger partial charge in [0.15, 0.2) is 5.58 Å². The van der Waals surface area contributed by atoms with E-state index in [-0.39, 0.29) is 5.91 Å². The molecule has 1 amide bonds. The van der Waals surface area contributed by atoms with Crippen molar-refractivity contribution < 1.29 is 9.32 Å². The zero-order valence-electron chi connectivity index (χ0n) is 17.5. The van der Waals surface area contributed by atoms with Crippen molar-refractivity contribution in [3.63, 3.8) is 0 Å². The number of thiazole rings is 1. The Hall–Kier alpha value is -3.10. The number of pyridine rings is 1. The molecule has 0 N–H and O–H groups in total. The van der Waals surface area contributed by atoms with Crippen molar-refractivity contribution in [1.82, 2.24) is 24.9 Å². The zero-order valence-corrected chi connectivity index (χ0v) is 18.3. The number of carbonyl (C=O) groups excluding carboxylic acids is 1. The standard InChI is InChI=1S/C23H23N5O2S/c1-27(2)17-7-10-28(11-8-17)23(29)15-5-6-20-18(12-15)21(26-30-20)19-14-31-22(25-19)16-4-3-9-24-13-16/h3-6,9,12-14,17H,7-8,10-11H2,1-2H3. The van der Waals surface area contributed by atoms with E-state index in [9.17, 15) is 4.79 Å². The number of aromatic nitrogens is 3. The molecule has 0 saturated carbocycles. The molecular weight excluding hydrogens is 410 g/mol. The van der Waals surface area contributed by atoms with Gasteiger partial charge in [-0.05, 0) is 57.3 Å². The zero-order chi connectivity index (χ0) is 21.4. The lowest BCUT2D eigenvalue weighted by molar-refractivity contribution is 0.0663. The van der Waals surface area contributed by atoms with E-state index in [1.807, 2.05) is 40.6 Å². The molecule has 158 valence electrons. The van der Waals surface area contributed by atoms with E-state index in [0.29, 0.717) is 22.9 Å². The Labute approximate surface area is 184 Å². The van der Waals surface area contributed by atoms with Crippen LogP contribution >= 0.6 is 11.3 Å². The molecule has 0 bridgehead atoms. The number of likely N-dealkylation sites (tertiary alicyclic amines) is 1. The summed E-state index contributed by atoms with van der Waals surface area (Å²) in [7, 11) is 4.20. The Morgan fingerprint density at radius 2 is 2.06 bits per heavy atom. The van der Waals surface area contributed by atoms with Gasteiger partial charge in [0.2, 0.25) is 0 Å². The van der Waals surface area contributed by atoms with Crippen molar-refractivity contribution in [3.05, 3.63) is 53.7 Å². The Bertz CT molecular complexity index is 1210. The first-order valence-electron chi connectivity index (χ1n) is 10.3. The van der Waals surface area contributed by atoms with Crippen LogP contribution in [-0.4, -0.2) is 64.1 Å². The SMILES string of the molecule is CN(C)C1CCN(C(=O)c2ccc3onc(-c4csc(-c5cccnc5)n4)c3c2)CC1. The minimum Gasteiger partial charge on any atom is -0.356 e. The molecule has 1 aromatic carbocycles. The molecule has 7 nitrogen and oxygen atoms in total. The minimum absolute atomic E-state index is 0.0561. The quantitative estimate of drug-likeness (QED) is 0.481. The summed E-state index contributed by atoms with van der Waals surface area (Å²) < 4.78 is 5.51. The molecule has 0 unspecified atom stereocenters. The molecule has 0 atom stereocenters. The van der Waals surface area contributed by atoms with Gasteiger partial charge in [-0.2, -0.15) is 0 Å². The molecule has 1 aliphatic heterocycles. The third kappa shape index (κ3) is 3.84. The Morgan fingerprint density at radius 1 is 1.23 bits per heavy atom. The van der Waals surface area contributed by atoms with Gasteiger partial charge in [-0.15, -0.1) is 11.3 Å². The highest BCUT2D eigenvalue weighted by Crippen LogP contribution is 2.33. The third-order valence-electron chi connectivity index (χ3n) is 5.85. The molecular formula is C23H23N5O2S. The first kappa shape index (κ1) is 19.8. The molecule has 8 heteroatoms. The third-order valence-corrected chi connectivity index (χ3v) is 6.75. The predicted octanol–water partition coefficient (Wildman–Crippen LogP) is 4.18. The summed E-state index contributed by atoms with van der Waals surface area (Å²) in [6, 6.07) is 9.92. The van der Waals surface area contributed by atoms with Crippen LogP contribution < -0.4 is 0 Å². The van der Waals surface area contributed by atoms with E-state index in [2.05, 4.69) is 29.1 Å². The van der Waals surface area contributed by atoms with E-state index in [0.717, 1.165) is 47.6 Å². The van der Waals surface area contributed by atoms with Crippen LogP contribution in [0.1, 0.15) is 23.2 Å². The molecule has 1 fully saturated rings. The molecule has 5 rings (SSSR count). The number of benzene rings is 1. The van der Waals surface area contributed by atoms with Crippen LogP contribution in [0.2, 0.25) is 0 Å². The maximum atomic E-state index is 13.1. The van der Waals surface area contributed by atoms with E-state index in [1.165, 1.54) is 11.3 Å². The topological polar surface area (TPSA) is 75.4 Å². The molecule has 3 aromatic heterocycles. The summed E-state index contributed by atoms with van der Waals surface area (Å²) in [4.78, 5) is 26.2. The number of fused-ring (bicyclic) bond motifs is 1.